The van der Waals surface area contributed by atoms with Crippen molar-refractivity contribution in [2.45, 2.75) is 13.3 Å². The van der Waals surface area contributed by atoms with Gasteiger partial charge in [-0.15, -0.1) is 0 Å². The van der Waals surface area contributed by atoms with Crippen LogP contribution in [0.3, 0.4) is 0 Å². The molecule has 0 saturated carbocycles. The molecule has 0 aliphatic heterocycles. The van der Waals surface area contributed by atoms with Crippen molar-refractivity contribution in [3.05, 3.63) is 28.2 Å². The van der Waals surface area contributed by atoms with E-state index in [1.807, 2.05) is 6.92 Å². The lowest BCUT2D eigenvalue weighted by Gasteiger charge is -2.08. The van der Waals surface area contributed by atoms with E-state index < -0.39 is 16.0 Å². The van der Waals surface area contributed by atoms with Crippen LogP contribution in [0.25, 0.3) is 0 Å². The minimum Gasteiger partial charge on any atom is -0.469 e. The Balaban J connectivity index is 2.70. The van der Waals surface area contributed by atoms with E-state index in [4.69, 9.17) is 0 Å². The highest BCUT2D eigenvalue weighted by Crippen LogP contribution is 2.21. The summed E-state index contributed by atoms with van der Waals surface area (Å²) >= 11 is 3.32. The van der Waals surface area contributed by atoms with Gasteiger partial charge < -0.3 is 4.74 Å². The van der Waals surface area contributed by atoms with Gasteiger partial charge in [0.15, 0.2) is 0 Å². The van der Waals surface area contributed by atoms with E-state index in [1.165, 1.54) is 7.11 Å². The number of methoxy groups -OCH3 is 1. The number of hydrogen-bond donors (Lipinski definition) is 1. The molecule has 0 amide bonds. The monoisotopic (exact) mass is 335 g/mol. The fourth-order valence-corrected chi connectivity index (χ4v) is 2.61. The molecule has 0 heterocycles. The van der Waals surface area contributed by atoms with Gasteiger partial charge in [-0.05, 0) is 24.6 Å². The van der Waals surface area contributed by atoms with Gasteiger partial charge in [0.1, 0.15) is 0 Å². The molecule has 0 fully saturated rings. The molecule has 1 aromatic rings. The summed E-state index contributed by atoms with van der Waals surface area (Å²) < 4.78 is 31.0. The van der Waals surface area contributed by atoms with Crippen LogP contribution in [0.15, 0.2) is 22.7 Å². The van der Waals surface area contributed by atoms with Crippen LogP contribution >= 0.6 is 15.9 Å². The zero-order chi connectivity index (χ0) is 13.8. The summed E-state index contributed by atoms with van der Waals surface area (Å²) in [5, 5.41) is 0. The highest BCUT2D eigenvalue weighted by Gasteiger charge is 2.14. The number of anilines is 1. The molecular formula is C11H14BrNO4S. The molecule has 0 spiro atoms. The van der Waals surface area contributed by atoms with E-state index in [1.54, 1.807) is 18.2 Å². The average molecular weight is 336 g/mol. The number of aryl methyl sites for hydroxylation is 1. The van der Waals surface area contributed by atoms with E-state index in [0.717, 1.165) is 10.0 Å². The predicted molar refractivity (Wildman–Crippen MR) is 72.9 cm³/mol. The number of carbonyl (C=O) groups is 1. The Morgan fingerprint density at radius 2 is 2.11 bits per heavy atom. The van der Waals surface area contributed by atoms with Crippen molar-refractivity contribution < 1.29 is 17.9 Å². The number of nitrogens with one attached hydrogen (secondary N) is 1. The first kappa shape index (κ1) is 15.0. The number of halogens is 1. The van der Waals surface area contributed by atoms with Gasteiger partial charge in [-0.1, -0.05) is 22.0 Å². The Hall–Kier alpha value is -1.08. The largest absolute Gasteiger partial charge is 0.469 e. The maximum absolute atomic E-state index is 11.7. The fourth-order valence-electron chi connectivity index (χ4n) is 1.21. The van der Waals surface area contributed by atoms with Crippen LogP contribution in [0, 0.1) is 6.92 Å². The Labute approximate surface area is 115 Å². The SMILES string of the molecule is COC(=O)CCS(=O)(=O)Nc1ccc(C)c(Br)c1. The first-order chi connectivity index (χ1) is 8.34. The molecule has 5 nitrogen and oxygen atoms in total. The lowest BCUT2D eigenvalue weighted by atomic mass is 10.2. The van der Waals surface area contributed by atoms with Gasteiger partial charge in [0, 0.05) is 10.2 Å². The lowest BCUT2D eigenvalue weighted by Crippen LogP contribution is -2.19. The molecule has 0 aliphatic rings. The van der Waals surface area contributed by atoms with E-state index in [9.17, 15) is 13.2 Å². The Morgan fingerprint density at radius 3 is 2.67 bits per heavy atom. The molecule has 1 rings (SSSR count). The molecule has 0 aromatic heterocycles. The molecule has 18 heavy (non-hydrogen) atoms. The van der Waals surface area contributed by atoms with Crippen molar-refractivity contribution in [3.63, 3.8) is 0 Å². The summed E-state index contributed by atoms with van der Waals surface area (Å²) in [6.07, 6.45) is -0.168. The van der Waals surface area contributed by atoms with Crippen molar-refractivity contribution in [1.82, 2.24) is 0 Å². The quantitative estimate of drug-likeness (QED) is 0.836. The maximum Gasteiger partial charge on any atom is 0.306 e. The van der Waals surface area contributed by atoms with Crippen LogP contribution in [0.4, 0.5) is 5.69 Å². The molecule has 0 bridgehead atoms. The Bertz CT molecular complexity index is 542. The molecule has 7 heteroatoms. The molecule has 0 radical (unpaired) electrons. The number of benzene rings is 1. The second-order valence-electron chi connectivity index (χ2n) is 3.71. The summed E-state index contributed by atoms with van der Waals surface area (Å²) in [4.78, 5) is 10.9. The summed E-state index contributed by atoms with van der Waals surface area (Å²) in [5.41, 5.74) is 1.46. The Kier molecular flexibility index (Phi) is 5.15. The number of esters is 1. The van der Waals surface area contributed by atoms with Gasteiger partial charge in [-0.3, -0.25) is 9.52 Å². The number of carbonyl (C=O) groups excluding carboxylic acids is 1. The minimum absolute atomic E-state index is 0.168. The summed E-state index contributed by atoms with van der Waals surface area (Å²) in [5.74, 6) is -0.851. The van der Waals surface area contributed by atoms with Crippen molar-refractivity contribution in [2.75, 3.05) is 17.6 Å². The molecule has 1 aromatic carbocycles. The van der Waals surface area contributed by atoms with Crippen LogP contribution in [0.5, 0.6) is 0 Å². The maximum atomic E-state index is 11.7. The molecule has 0 unspecified atom stereocenters. The van der Waals surface area contributed by atoms with Crippen molar-refractivity contribution in [2.24, 2.45) is 0 Å². The number of rotatable bonds is 5. The predicted octanol–water partition coefficient (Wildman–Crippen LogP) is 2.06. The minimum atomic E-state index is -3.54. The summed E-state index contributed by atoms with van der Waals surface area (Å²) in [7, 11) is -2.32. The van der Waals surface area contributed by atoms with Crippen molar-refractivity contribution in [1.29, 1.82) is 0 Å². The number of hydrogen-bond acceptors (Lipinski definition) is 4. The van der Waals surface area contributed by atoms with Gasteiger partial charge in [0.25, 0.3) is 0 Å². The normalized spacial score (nSPS) is 11.1. The van der Waals surface area contributed by atoms with Crippen LogP contribution in [-0.4, -0.2) is 27.2 Å². The van der Waals surface area contributed by atoms with E-state index in [0.29, 0.717) is 5.69 Å². The number of sulfonamides is 1. The zero-order valence-corrected chi connectivity index (χ0v) is 12.5. The van der Waals surface area contributed by atoms with Crippen LogP contribution in [-0.2, 0) is 19.6 Å². The Morgan fingerprint density at radius 1 is 1.44 bits per heavy atom. The molecule has 1 N–H and O–H groups in total. The zero-order valence-electron chi connectivity index (χ0n) is 10.1. The first-order valence-electron chi connectivity index (χ1n) is 5.17. The van der Waals surface area contributed by atoms with E-state index in [2.05, 4.69) is 25.4 Å². The van der Waals surface area contributed by atoms with Gasteiger partial charge in [0.05, 0.1) is 19.3 Å². The van der Waals surface area contributed by atoms with E-state index >= 15 is 0 Å². The van der Waals surface area contributed by atoms with Crippen molar-refractivity contribution in [3.8, 4) is 0 Å². The third-order valence-electron chi connectivity index (χ3n) is 2.25. The highest BCUT2D eigenvalue weighted by atomic mass is 79.9. The van der Waals surface area contributed by atoms with Gasteiger partial charge >= 0.3 is 5.97 Å². The standard InChI is InChI=1S/C11H14BrNO4S/c1-8-3-4-9(7-10(8)12)13-18(15,16)6-5-11(14)17-2/h3-4,7,13H,5-6H2,1-2H3. The molecule has 0 saturated heterocycles. The van der Waals surface area contributed by atoms with Gasteiger partial charge in [-0.2, -0.15) is 0 Å². The lowest BCUT2D eigenvalue weighted by molar-refractivity contribution is -0.140. The average Bonchev–Trinajstić information content (AvgIpc) is 2.30. The van der Waals surface area contributed by atoms with Crippen molar-refractivity contribution >= 4 is 37.6 Å². The molecular weight excluding hydrogens is 322 g/mol. The molecule has 0 atom stereocenters. The third kappa shape index (κ3) is 4.66. The molecule has 0 aliphatic carbocycles. The second kappa shape index (κ2) is 6.19. The highest BCUT2D eigenvalue weighted by molar-refractivity contribution is 9.10. The van der Waals surface area contributed by atoms with Crippen LogP contribution in [0.1, 0.15) is 12.0 Å². The van der Waals surface area contributed by atoms with Crippen LogP contribution < -0.4 is 4.72 Å². The summed E-state index contributed by atoms with van der Waals surface area (Å²) in [6.45, 7) is 1.90. The first-order valence-corrected chi connectivity index (χ1v) is 7.62. The topological polar surface area (TPSA) is 72.5 Å². The molecule has 100 valence electrons. The third-order valence-corrected chi connectivity index (χ3v) is 4.39. The summed E-state index contributed by atoms with van der Waals surface area (Å²) in [6, 6.07) is 5.13. The van der Waals surface area contributed by atoms with Gasteiger partial charge in [-0.25, -0.2) is 8.42 Å². The van der Waals surface area contributed by atoms with E-state index in [-0.39, 0.29) is 12.2 Å². The van der Waals surface area contributed by atoms with Gasteiger partial charge in [0.2, 0.25) is 10.0 Å². The second-order valence-corrected chi connectivity index (χ2v) is 6.41. The smallest absolute Gasteiger partial charge is 0.306 e. The van der Waals surface area contributed by atoms with Crippen LogP contribution in [0.2, 0.25) is 0 Å². The fraction of sp³-hybridized carbons (Fsp3) is 0.364. The number of ether oxygens (including phenoxy) is 1.